The van der Waals surface area contributed by atoms with Crippen LogP contribution in [0.25, 0.3) is 0 Å². The van der Waals surface area contributed by atoms with Crippen LogP contribution in [0.4, 0.5) is 0 Å². The predicted molar refractivity (Wildman–Crippen MR) is 70.0 cm³/mol. The molecule has 0 aromatic heterocycles. The van der Waals surface area contributed by atoms with Crippen LogP contribution in [0.15, 0.2) is 0 Å². The molecule has 0 spiro atoms. The lowest BCUT2D eigenvalue weighted by atomic mass is 10.0. The summed E-state index contributed by atoms with van der Waals surface area (Å²) in [6, 6.07) is 0. The van der Waals surface area contributed by atoms with Crippen LogP contribution >= 0.6 is 0 Å². The first kappa shape index (κ1) is 16.9. The van der Waals surface area contributed by atoms with Gasteiger partial charge in [0.1, 0.15) is 0 Å². The topological polar surface area (TPSA) is 52.6 Å². The van der Waals surface area contributed by atoms with Crippen LogP contribution in [-0.2, 0) is 19.1 Å². The Morgan fingerprint density at radius 1 is 0.944 bits per heavy atom. The summed E-state index contributed by atoms with van der Waals surface area (Å²) in [6.07, 6.45) is 0.702. The number of ether oxygens (including phenoxy) is 2. The third kappa shape index (κ3) is 8.09. The van der Waals surface area contributed by atoms with E-state index in [1.807, 2.05) is 34.6 Å². The Morgan fingerprint density at radius 2 is 1.44 bits per heavy atom. The van der Waals surface area contributed by atoms with Gasteiger partial charge in [-0.3, -0.25) is 9.59 Å². The molecule has 1 unspecified atom stereocenters. The van der Waals surface area contributed by atoms with Gasteiger partial charge in [0.05, 0.1) is 25.6 Å². The monoisotopic (exact) mass is 258 g/mol. The Labute approximate surface area is 110 Å². The normalized spacial score (nSPS) is 12.6. The van der Waals surface area contributed by atoms with E-state index in [0.29, 0.717) is 31.5 Å². The summed E-state index contributed by atoms with van der Waals surface area (Å²) in [6.45, 7) is 10.6. The van der Waals surface area contributed by atoms with Crippen molar-refractivity contribution >= 4 is 11.9 Å². The van der Waals surface area contributed by atoms with Gasteiger partial charge in [0.15, 0.2) is 0 Å². The standard InChI is InChI=1S/C14H26O4/c1-6-12(14(16)18-9-11(4)5)7-13(15)17-8-10(2)3/h10-12H,6-9H2,1-5H3. The molecule has 0 aromatic rings. The fraction of sp³-hybridized carbons (Fsp3) is 0.857. The highest BCUT2D eigenvalue weighted by atomic mass is 16.5. The van der Waals surface area contributed by atoms with Crippen LogP contribution in [0.1, 0.15) is 47.5 Å². The van der Waals surface area contributed by atoms with Crippen molar-refractivity contribution in [2.75, 3.05) is 13.2 Å². The van der Waals surface area contributed by atoms with Gasteiger partial charge in [-0.2, -0.15) is 0 Å². The number of rotatable bonds is 8. The number of carbonyl (C=O) groups excluding carboxylic acids is 2. The third-order valence-corrected chi connectivity index (χ3v) is 2.38. The Bertz CT molecular complexity index is 259. The molecule has 0 heterocycles. The molecule has 0 N–H and O–H groups in total. The van der Waals surface area contributed by atoms with Gasteiger partial charge >= 0.3 is 11.9 Å². The molecule has 0 amide bonds. The van der Waals surface area contributed by atoms with Crippen LogP contribution in [0.3, 0.4) is 0 Å². The Morgan fingerprint density at radius 3 is 1.89 bits per heavy atom. The lowest BCUT2D eigenvalue weighted by Gasteiger charge is -2.15. The SMILES string of the molecule is CCC(CC(=O)OCC(C)C)C(=O)OCC(C)C. The van der Waals surface area contributed by atoms with E-state index in [1.54, 1.807) is 0 Å². The summed E-state index contributed by atoms with van der Waals surface area (Å²) >= 11 is 0. The second-order valence-electron chi connectivity index (χ2n) is 5.41. The number of esters is 2. The van der Waals surface area contributed by atoms with Crippen LogP contribution in [0.5, 0.6) is 0 Å². The fourth-order valence-corrected chi connectivity index (χ4v) is 1.28. The largest absolute Gasteiger partial charge is 0.465 e. The number of hydrogen-bond acceptors (Lipinski definition) is 4. The van der Waals surface area contributed by atoms with Crippen molar-refractivity contribution in [1.82, 2.24) is 0 Å². The van der Waals surface area contributed by atoms with Crippen LogP contribution < -0.4 is 0 Å². The lowest BCUT2D eigenvalue weighted by Crippen LogP contribution is -2.23. The lowest BCUT2D eigenvalue weighted by molar-refractivity contribution is -0.156. The average molecular weight is 258 g/mol. The highest BCUT2D eigenvalue weighted by Gasteiger charge is 2.22. The zero-order valence-corrected chi connectivity index (χ0v) is 12.2. The molecule has 106 valence electrons. The zero-order valence-electron chi connectivity index (χ0n) is 12.2. The maximum atomic E-state index is 11.7. The smallest absolute Gasteiger partial charge is 0.309 e. The van der Waals surface area contributed by atoms with E-state index in [0.717, 1.165) is 0 Å². The first-order valence-corrected chi connectivity index (χ1v) is 6.69. The minimum atomic E-state index is -0.386. The molecule has 4 nitrogen and oxygen atoms in total. The Hall–Kier alpha value is -1.06. The fourth-order valence-electron chi connectivity index (χ4n) is 1.28. The van der Waals surface area contributed by atoms with E-state index >= 15 is 0 Å². The molecule has 0 saturated heterocycles. The van der Waals surface area contributed by atoms with Gasteiger partial charge in [-0.05, 0) is 18.3 Å². The molecule has 18 heavy (non-hydrogen) atoms. The Balaban J connectivity index is 4.08. The highest BCUT2D eigenvalue weighted by molar-refractivity contribution is 5.79. The molecule has 0 aromatic carbocycles. The molecule has 1 atom stereocenters. The summed E-state index contributed by atoms with van der Waals surface area (Å²) in [4.78, 5) is 23.3. The maximum Gasteiger partial charge on any atom is 0.309 e. The van der Waals surface area contributed by atoms with E-state index in [2.05, 4.69) is 0 Å². The van der Waals surface area contributed by atoms with E-state index in [9.17, 15) is 9.59 Å². The van der Waals surface area contributed by atoms with Gasteiger partial charge < -0.3 is 9.47 Å². The second kappa shape index (κ2) is 8.95. The molecule has 0 bridgehead atoms. The van der Waals surface area contributed by atoms with Gasteiger partial charge in [0.2, 0.25) is 0 Å². The van der Waals surface area contributed by atoms with Gasteiger partial charge in [0, 0.05) is 0 Å². The van der Waals surface area contributed by atoms with E-state index in [4.69, 9.17) is 9.47 Å². The number of hydrogen-bond donors (Lipinski definition) is 0. The molecule has 0 rings (SSSR count). The maximum absolute atomic E-state index is 11.7. The van der Waals surface area contributed by atoms with Crippen molar-refractivity contribution < 1.29 is 19.1 Å². The Kier molecular flexibility index (Phi) is 8.42. The van der Waals surface area contributed by atoms with Crippen molar-refractivity contribution in [2.24, 2.45) is 17.8 Å². The van der Waals surface area contributed by atoms with Gasteiger partial charge in [-0.25, -0.2) is 0 Å². The molecule has 0 fully saturated rings. The van der Waals surface area contributed by atoms with Crippen molar-refractivity contribution in [1.29, 1.82) is 0 Å². The molecular weight excluding hydrogens is 232 g/mol. The first-order chi connectivity index (χ1) is 8.36. The molecule has 0 aliphatic heterocycles. The second-order valence-corrected chi connectivity index (χ2v) is 5.41. The van der Waals surface area contributed by atoms with E-state index < -0.39 is 0 Å². The molecule has 0 radical (unpaired) electrons. The number of carbonyl (C=O) groups is 2. The van der Waals surface area contributed by atoms with Gasteiger partial charge in [-0.1, -0.05) is 34.6 Å². The summed E-state index contributed by atoms with van der Waals surface area (Å²) in [5, 5.41) is 0. The van der Waals surface area contributed by atoms with Crippen molar-refractivity contribution in [3.63, 3.8) is 0 Å². The molecule has 0 saturated carbocycles. The van der Waals surface area contributed by atoms with Gasteiger partial charge in [-0.15, -0.1) is 0 Å². The zero-order chi connectivity index (χ0) is 14.1. The quantitative estimate of drug-likeness (QED) is 0.628. The molecular formula is C14H26O4. The van der Waals surface area contributed by atoms with Crippen molar-refractivity contribution in [3.05, 3.63) is 0 Å². The summed E-state index contributed by atoms with van der Waals surface area (Å²) in [7, 11) is 0. The van der Waals surface area contributed by atoms with Crippen LogP contribution in [0.2, 0.25) is 0 Å². The molecule has 4 heteroatoms. The highest BCUT2D eigenvalue weighted by Crippen LogP contribution is 2.13. The summed E-state index contributed by atoms with van der Waals surface area (Å²) in [5.41, 5.74) is 0. The summed E-state index contributed by atoms with van der Waals surface area (Å²) < 4.78 is 10.2. The van der Waals surface area contributed by atoms with Crippen molar-refractivity contribution in [3.8, 4) is 0 Å². The summed E-state index contributed by atoms with van der Waals surface area (Å²) in [5.74, 6) is -0.394. The van der Waals surface area contributed by atoms with E-state index in [-0.39, 0.29) is 24.3 Å². The molecule has 0 aliphatic carbocycles. The molecule has 0 aliphatic rings. The predicted octanol–water partition coefficient (Wildman–Crippen LogP) is 2.80. The first-order valence-electron chi connectivity index (χ1n) is 6.69. The van der Waals surface area contributed by atoms with Crippen molar-refractivity contribution in [2.45, 2.75) is 47.5 Å². The average Bonchev–Trinajstić information content (AvgIpc) is 2.30. The van der Waals surface area contributed by atoms with Crippen LogP contribution in [0, 0.1) is 17.8 Å². The third-order valence-electron chi connectivity index (χ3n) is 2.38. The van der Waals surface area contributed by atoms with Gasteiger partial charge in [0.25, 0.3) is 0 Å². The van der Waals surface area contributed by atoms with E-state index in [1.165, 1.54) is 0 Å². The van der Waals surface area contributed by atoms with Crippen LogP contribution in [-0.4, -0.2) is 25.2 Å². The minimum absolute atomic E-state index is 0.111. The minimum Gasteiger partial charge on any atom is -0.465 e.